The molecule has 0 radical (unpaired) electrons. The van der Waals surface area contributed by atoms with Crippen molar-refractivity contribution in [2.45, 2.75) is 70.1 Å². The van der Waals surface area contributed by atoms with Crippen LogP contribution in [0.15, 0.2) is 12.2 Å². The molecule has 4 nitrogen and oxygen atoms in total. The molecule has 2 bridgehead atoms. The van der Waals surface area contributed by atoms with Crippen LogP contribution in [0.25, 0.3) is 0 Å². The Bertz CT molecular complexity index is 558. The summed E-state index contributed by atoms with van der Waals surface area (Å²) < 4.78 is 18.5. The third kappa shape index (κ3) is 2.11. The van der Waals surface area contributed by atoms with Gasteiger partial charge in [0.1, 0.15) is 0 Å². The van der Waals surface area contributed by atoms with E-state index >= 15 is 0 Å². The number of allylic oxidation sites excluding steroid dienone is 1. The van der Waals surface area contributed by atoms with Crippen LogP contribution in [0.3, 0.4) is 0 Å². The van der Waals surface area contributed by atoms with E-state index in [9.17, 15) is 4.79 Å². The third-order valence-corrected chi connectivity index (χ3v) is 11.7. The maximum atomic E-state index is 13.1. The lowest BCUT2D eigenvalue weighted by Crippen LogP contribution is -2.69. The molecule has 5 heteroatoms. The van der Waals surface area contributed by atoms with Gasteiger partial charge in [0.05, 0.1) is 11.5 Å². The van der Waals surface area contributed by atoms with E-state index in [1.54, 1.807) is 14.2 Å². The van der Waals surface area contributed by atoms with Gasteiger partial charge in [-0.2, -0.15) is 0 Å². The molecule has 2 fully saturated rings. The van der Waals surface area contributed by atoms with Gasteiger partial charge in [-0.3, -0.25) is 4.79 Å². The van der Waals surface area contributed by atoms with Crippen LogP contribution in [0.1, 0.15) is 40.0 Å². The van der Waals surface area contributed by atoms with Crippen LogP contribution >= 0.6 is 0 Å². The number of carbonyl (C=O) groups excluding carboxylic acids is 1. The SMILES string of the molecule is COC1(OC)C(=O)C2C=CC13[C@@H](CC[C@@H]3O[Si](C)(C)C(C)(C)C)C2. The minimum atomic E-state index is -1.96. The fraction of sp³-hybridized carbons (Fsp3) is 0.842. The van der Waals surface area contributed by atoms with Crippen molar-refractivity contribution in [3.05, 3.63) is 12.2 Å². The molecule has 136 valence electrons. The number of hydrogen-bond acceptors (Lipinski definition) is 4. The summed E-state index contributed by atoms with van der Waals surface area (Å²) >= 11 is 0. The zero-order chi connectivity index (χ0) is 18.0. The number of ether oxygens (including phenoxy) is 2. The predicted octanol–water partition coefficient (Wildman–Crippen LogP) is 3.92. The second kappa shape index (κ2) is 5.50. The highest BCUT2D eigenvalue weighted by atomic mass is 28.4. The van der Waals surface area contributed by atoms with Crippen molar-refractivity contribution in [3.63, 3.8) is 0 Å². The van der Waals surface area contributed by atoms with Gasteiger partial charge in [-0.1, -0.05) is 32.9 Å². The number of hydrogen-bond donors (Lipinski definition) is 0. The standard InChI is InChI=1S/C19H32O4Si/c1-17(2,3)24(6,7)23-15-9-8-14-12-13-10-11-18(14,15)19(21-4,22-5)16(13)20/h10-11,13-15H,8-9,12H2,1-7H3/t13?,14-,15-,18?/m0/s1. The molecule has 0 heterocycles. The molecule has 2 saturated carbocycles. The quantitative estimate of drug-likeness (QED) is 0.437. The molecule has 0 N–H and O–H groups in total. The lowest BCUT2D eigenvalue weighted by atomic mass is 9.55. The van der Waals surface area contributed by atoms with Gasteiger partial charge in [-0.05, 0) is 43.3 Å². The molecule has 24 heavy (non-hydrogen) atoms. The fourth-order valence-electron chi connectivity index (χ4n) is 4.88. The molecule has 4 aliphatic rings. The summed E-state index contributed by atoms with van der Waals surface area (Å²) in [7, 11) is 1.24. The Morgan fingerprint density at radius 3 is 2.33 bits per heavy atom. The van der Waals surface area contributed by atoms with Gasteiger partial charge in [0.25, 0.3) is 0 Å². The van der Waals surface area contributed by atoms with Gasteiger partial charge in [0.15, 0.2) is 14.1 Å². The van der Waals surface area contributed by atoms with E-state index in [0.717, 1.165) is 19.3 Å². The van der Waals surface area contributed by atoms with Gasteiger partial charge in [-0.25, -0.2) is 0 Å². The number of ketones is 1. The zero-order valence-electron chi connectivity index (χ0n) is 16.1. The first kappa shape index (κ1) is 18.3. The van der Waals surface area contributed by atoms with E-state index < -0.39 is 19.5 Å². The molecule has 0 aromatic rings. The average Bonchev–Trinajstić information content (AvgIpc) is 2.86. The van der Waals surface area contributed by atoms with Crippen LogP contribution in [0.5, 0.6) is 0 Å². The maximum absolute atomic E-state index is 13.1. The topological polar surface area (TPSA) is 44.8 Å². The van der Waals surface area contributed by atoms with Crippen molar-refractivity contribution >= 4 is 14.1 Å². The van der Waals surface area contributed by atoms with E-state index in [-0.39, 0.29) is 22.8 Å². The summed E-state index contributed by atoms with van der Waals surface area (Å²) in [6.45, 7) is 11.3. The molecular formula is C19H32O4Si. The van der Waals surface area contributed by atoms with Crippen LogP contribution in [-0.2, 0) is 18.7 Å². The van der Waals surface area contributed by atoms with Crippen LogP contribution in [0.4, 0.5) is 0 Å². The predicted molar refractivity (Wildman–Crippen MR) is 96.2 cm³/mol. The second-order valence-corrected chi connectivity index (χ2v) is 13.9. The fourth-order valence-corrected chi connectivity index (χ4v) is 6.26. The van der Waals surface area contributed by atoms with Crippen molar-refractivity contribution < 1.29 is 18.7 Å². The van der Waals surface area contributed by atoms with Crippen molar-refractivity contribution in [1.29, 1.82) is 0 Å². The summed E-state index contributed by atoms with van der Waals surface area (Å²) in [6.07, 6.45) is 7.19. The minimum Gasteiger partial charge on any atom is -0.413 e. The number of Topliss-reactive ketones (excluding diaryl/α,β-unsaturated/α-hetero) is 1. The van der Waals surface area contributed by atoms with Gasteiger partial charge in [-0.15, -0.1) is 0 Å². The molecule has 0 aliphatic heterocycles. The monoisotopic (exact) mass is 352 g/mol. The van der Waals surface area contributed by atoms with Crippen LogP contribution < -0.4 is 0 Å². The van der Waals surface area contributed by atoms with E-state index in [1.165, 1.54) is 0 Å². The maximum Gasteiger partial charge on any atom is 0.241 e. The molecule has 0 amide bonds. The van der Waals surface area contributed by atoms with Gasteiger partial charge in [0.2, 0.25) is 5.79 Å². The first-order chi connectivity index (χ1) is 11.1. The summed E-state index contributed by atoms with van der Waals surface area (Å²) in [4.78, 5) is 13.1. The Balaban J connectivity index is 2.06. The van der Waals surface area contributed by atoms with E-state index in [1.807, 2.05) is 0 Å². The number of fused-ring (bicyclic) bond motifs is 1. The Morgan fingerprint density at radius 2 is 1.79 bits per heavy atom. The van der Waals surface area contributed by atoms with Crippen LogP contribution in [0.2, 0.25) is 18.1 Å². The smallest absolute Gasteiger partial charge is 0.241 e. The lowest BCUT2D eigenvalue weighted by Gasteiger charge is -2.57. The third-order valence-electron chi connectivity index (χ3n) is 7.18. The number of carbonyl (C=O) groups is 1. The molecule has 1 spiro atoms. The Hall–Kier alpha value is -0.493. The normalized spacial score (nSPS) is 37.8. The Kier molecular flexibility index (Phi) is 4.19. The Morgan fingerprint density at radius 1 is 1.17 bits per heavy atom. The van der Waals surface area contributed by atoms with Crippen molar-refractivity contribution in [3.8, 4) is 0 Å². The molecule has 2 unspecified atom stereocenters. The summed E-state index contributed by atoms with van der Waals surface area (Å²) in [5.41, 5.74) is -0.488. The molecular weight excluding hydrogens is 320 g/mol. The first-order valence-corrected chi connectivity index (χ1v) is 12.0. The van der Waals surface area contributed by atoms with Gasteiger partial charge in [0, 0.05) is 20.1 Å². The summed E-state index contributed by atoms with van der Waals surface area (Å²) in [5.74, 6) is -0.820. The summed E-state index contributed by atoms with van der Waals surface area (Å²) in [5, 5.41) is 0.129. The van der Waals surface area contributed by atoms with Crippen LogP contribution in [-0.4, -0.2) is 40.2 Å². The van der Waals surface area contributed by atoms with Gasteiger partial charge < -0.3 is 13.9 Å². The largest absolute Gasteiger partial charge is 0.413 e. The number of rotatable bonds is 4. The van der Waals surface area contributed by atoms with Gasteiger partial charge >= 0.3 is 0 Å². The zero-order valence-corrected chi connectivity index (χ0v) is 17.1. The molecule has 0 aromatic carbocycles. The first-order valence-electron chi connectivity index (χ1n) is 9.07. The van der Waals surface area contributed by atoms with Crippen molar-refractivity contribution in [1.82, 2.24) is 0 Å². The van der Waals surface area contributed by atoms with E-state index in [4.69, 9.17) is 13.9 Å². The minimum absolute atomic E-state index is 0.0234. The highest BCUT2D eigenvalue weighted by molar-refractivity contribution is 6.74. The average molecular weight is 353 g/mol. The highest BCUT2D eigenvalue weighted by Crippen LogP contribution is 2.64. The summed E-state index contributed by atoms with van der Waals surface area (Å²) in [6, 6.07) is 0. The molecule has 0 saturated heterocycles. The molecule has 4 aliphatic carbocycles. The van der Waals surface area contributed by atoms with Crippen molar-refractivity contribution in [2.75, 3.05) is 14.2 Å². The molecule has 4 rings (SSSR count). The van der Waals surface area contributed by atoms with Crippen molar-refractivity contribution in [2.24, 2.45) is 17.3 Å². The number of methoxy groups -OCH3 is 2. The molecule has 4 atom stereocenters. The lowest BCUT2D eigenvalue weighted by molar-refractivity contribution is -0.283. The van der Waals surface area contributed by atoms with E-state index in [2.05, 4.69) is 46.0 Å². The Labute approximate surface area is 147 Å². The molecule has 0 aromatic heterocycles. The second-order valence-electron chi connectivity index (χ2n) is 9.16. The van der Waals surface area contributed by atoms with E-state index in [0.29, 0.717) is 5.92 Å². The highest BCUT2D eigenvalue weighted by Gasteiger charge is 2.72. The van der Waals surface area contributed by atoms with Crippen LogP contribution in [0, 0.1) is 17.3 Å².